The van der Waals surface area contributed by atoms with E-state index in [0.29, 0.717) is 22.3 Å². The van der Waals surface area contributed by atoms with Crippen molar-refractivity contribution in [3.8, 4) is 22.3 Å². The first kappa shape index (κ1) is 51.7. The Balaban J connectivity index is 1.46. The minimum absolute atomic E-state index is 0.0543. The molecule has 2 fully saturated rings. The van der Waals surface area contributed by atoms with Crippen molar-refractivity contribution in [1.82, 2.24) is 9.80 Å². The number of ether oxygens (including phenoxy) is 2. The van der Waals surface area contributed by atoms with Gasteiger partial charge in [-0.15, -0.1) is 0 Å². The molecule has 16 nitrogen and oxygen atoms in total. The van der Waals surface area contributed by atoms with Gasteiger partial charge >= 0.3 is 11.9 Å². The first-order chi connectivity index (χ1) is 32.9. The van der Waals surface area contributed by atoms with Crippen LogP contribution in [0, 0.1) is 32.1 Å². The van der Waals surface area contributed by atoms with Crippen molar-refractivity contribution >= 4 is 59.0 Å². The Morgan fingerprint density at radius 3 is 1.38 bits per heavy atom. The van der Waals surface area contributed by atoms with Crippen LogP contribution in [0.2, 0.25) is 0 Å². The number of carbonyl (C=O) groups is 4. The third kappa shape index (κ3) is 12.5. The molecule has 0 radical (unpaired) electrons. The van der Waals surface area contributed by atoms with Crippen LogP contribution in [0.3, 0.4) is 0 Å². The van der Waals surface area contributed by atoms with Gasteiger partial charge in [0.25, 0.3) is 11.4 Å². The van der Waals surface area contributed by atoms with Crippen LogP contribution in [0.4, 0.5) is 11.4 Å². The van der Waals surface area contributed by atoms with Gasteiger partial charge < -0.3 is 29.5 Å². The van der Waals surface area contributed by atoms with Crippen molar-refractivity contribution in [2.24, 2.45) is 11.8 Å². The molecule has 364 valence electrons. The fraction of sp³-hybridized carbons (Fsp3) is 0.385. The van der Waals surface area contributed by atoms with E-state index in [1.54, 1.807) is 36.4 Å². The van der Waals surface area contributed by atoms with Gasteiger partial charge in [-0.3, -0.25) is 39.4 Å². The lowest BCUT2D eigenvalue weighted by Crippen LogP contribution is -2.47. The van der Waals surface area contributed by atoms with E-state index in [4.69, 9.17) is 9.47 Å². The van der Waals surface area contributed by atoms with Crippen LogP contribution >= 0.6 is 11.8 Å². The van der Waals surface area contributed by atoms with Gasteiger partial charge in [0.2, 0.25) is 11.8 Å². The van der Waals surface area contributed by atoms with Crippen LogP contribution in [0.1, 0.15) is 88.5 Å². The zero-order chi connectivity index (χ0) is 50.1. The van der Waals surface area contributed by atoms with E-state index in [0.717, 1.165) is 22.9 Å². The van der Waals surface area contributed by atoms with E-state index in [2.05, 4.69) is 0 Å². The molecule has 4 aromatic carbocycles. The molecule has 0 saturated carbocycles. The topological polar surface area (TPSA) is 220 Å². The molecule has 0 aliphatic carbocycles. The fourth-order valence-corrected chi connectivity index (χ4v) is 9.93. The first-order valence-electron chi connectivity index (χ1n) is 22.9. The Morgan fingerprint density at radius 2 is 1.03 bits per heavy atom. The van der Waals surface area contributed by atoms with Crippen molar-refractivity contribution in [2.45, 2.75) is 88.2 Å². The Kier molecular flexibility index (Phi) is 17.3. The molecule has 2 heterocycles. The zero-order valence-electron chi connectivity index (χ0n) is 39.5. The average molecular weight is 963 g/mol. The SMILES string of the molecule is CC(=O)OCC1CN(C(=O)C=Cc2ccc(Sc3ccc(C=CC(=O)N4CCC(O)C(COC(C)=O)C4)c(-c4ccccc4C(C)C)c3[N+](=O)[O-])c([N+](=O)[O-])c2-c2ccccc2C(C)C)CCC1O. The molecule has 2 N–H and O–H groups in total. The number of esters is 2. The summed E-state index contributed by atoms with van der Waals surface area (Å²) in [5.74, 6) is -2.96. The maximum absolute atomic E-state index is 13.7. The highest BCUT2D eigenvalue weighted by Crippen LogP contribution is 2.50. The number of nitro groups is 2. The van der Waals surface area contributed by atoms with Gasteiger partial charge in [0.15, 0.2) is 0 Å². The number of hydrogen-bond donors (Lipinski definition) is 2. The number of amides is 2. The molecule has 17 heteroatoms. The van der Waals surface area contributed by atoms with Gasteiger partial charge in [0, 0.05) is 64.0 Å². The van der Waals surface area contributed by atoms with E-state index in [-0.39, 0.29) is 96.4 Å². The van der Waals surface area contributed by atoms with E-state index < -0.39 is 57.6 Å². The van der Waals surface area contributed by atoms with Gasteiger partial charge in [0.05, 0.1) is 56.2 Å². The Bertz CT molecular complexity index is 2480. The first-order valence-corrected chi connectivity index (χ1v) is 23.7. The molecule has 4 aromatic rings. The summed E-state index contributed by atoms with van der Waals surface area (Å²) in [5.41, 5.74) is 3.18. The quantitative estimate of drug-likeness (QED) is 0.0465. The Morgan fingerprint density at radius 1 is 0.652 bits per heavy atom. The number of likely N-dealkylation sites (tertiary alicyclic amines) is 2. The van der Waals surface area contributed by atoms with E-state index in [9.17, 15) is 49.6 Å². The molecular formula is C52H58N4O12S. The molecule has 4 atom stereocenters. The molecule has 2 aliphatic heterocycles. The molecular weight excluding hydrogens is 905 g/mol. The monoisotopic (exact) mass is 962 g/mol. The molecule has 2 saturated heterocycles. The zero-order valence-corrected chi connectivity index (χ0v) is 40.3. The van der Waals surface area contributed by atoms with Gasteiger partial charge in [-0.2, -0.15) is 0 Å². The van der Waals surface area contributed by atoms with Gasteiger partial charge in [-0.1, -0.05) is 100 Å². The molecule has 2 aliphatic rings. The second-order valence-corrected chi connectivity index (χ2v) is 19.0. The van der Waals surface area contributed by atoms with E-state index >= 15 is 0 Å². The lowest BCUT2D eigenvalue weighted by Gasteiger charge is -2.35. The number of piperidine rings is 2. The van der Waals surface area contributed by atoms with Crippen LogP contribution < -0.4 is 0 Å². The lowest BCUT2D eigenvalue weighted by atomic mass is 9.89. The van der Waals surface area contributed by atoms with Crippen LogP contribution in [0.15, 0.2) is 94.7 Å². The highest BCUT2D eigenvalue weighted by Gasteiger charge is 2.34. The highest BCUT2D eigenvalue weighted by atomic mass is 32.2. The standard InChI is InChI=1S/C52H58N4O12S/c1-31(2)39-11-7-9-13-41(39)49-35(17-21-47(61)53-25-23-43(59)37(27-53)29-67-33(5)57)15-19-45(51(49)55(63)64)69-46-20-16-36(50(52(46)56(65)66)42-14-10-8-12-40(42)32(3)4)18-22-48(62)54-26-24-44(60)38(28-54)30-68-34(6)58/h7-22,31-32,37-38,43-44,59-60H,23-30H2,1-6H3. The summed E-state index contributed by atoms with van der Waals surface area (Å²) in [6, 6.07) is 20.8. The number of nitrogens with zero attached hydrogens (tertiary/aromatic N) is 4. The minimum atomic E-state index is -0.769. The number of aliphatic hydroxyl groups is 2. The number of hydrogen-bond acceptors (Lipinski definition) is 13. The summed E-state index contributed by atoms with van der Waals surface area (Å²) in [5, 5.41) is 48.1. The second-order valence-electron chi connectivity index (χ2n) is 17.9. The van der Waals surface area contributed by atoms with Gasteiger partial charge in [-0.25, -0.2) is 0 Å². The summed E-state index contributed by atoms with van der Waals surface area (Å²) in [7, 11) is 0. The molecule has 0 aromatic heterocycles. The third-order valence-corrected chi connectivity index (χ3v) is 13.6. The lowest BCUT2D eigenvalue weighted by molar-refractivity contribution is -0.387. The minimum Gasteiger partial charge on any atom is -0.465 e. The number of nitro benzene ring substituents is 2. The predicted molar refractivity (Wildman–Crippen MR) is 262 cm³/mol. The van der Waals surface area contributed by atoms with E-state index in [1.807, 2.05) is 52.0 Å². The van der Waals surface area contributed by atoms with Crippen molar-refractivity contribution in [2.75, 3.05) is 39.4 Å². The summed E-state index contributed by atoms with van der Waals surface area (Å²) in [6.07, 6.45) is 4.68. The van der Waals surface area contributed by atoms with E-state index in [1.165, 1.54) is 60.1 Å². The maximum Gasteiger partial charge on any atom is 0.302 e. The average Bonchev–Trinajstić information content (AvgIpc) is 3.31. The van der Waals surface area contributed by atoms with Crippen LogP contribution in [0.5, 0.6) is 0 Å². The fourth-order valence-electron chi connectivity index (χ4n) is 8.87. The summed E-state index contributed by atoms with van der Waals surface area (Å²) < 4.78 is 10.3. The van der Waals surface area contributed by atoms with Crippen molar-refractivity contribution in [1.29, 1.82) is 0 Å². The van der Waals surface area contributed by atoms with Crippen LogP contribution in [-0.2, 0) is 28.7 Å². The third-order valence-electron chi connectivity index (χ3n) is 12.5. The van der Waals surface area contributed by atoms with Crippen LogP contribution in [-0.4, -0.2) is 105 Å². The number of aliphatic hydroxyl groups excluding tert-OH is 2. The second kappa shape index (κ2) is 23.1. The highest BCUT2D eigenvalue weighted by molar-refractivity contribution is 7.99. The van der Waals surface area contributed by atoms with Crippen molar-refractivity contribution in [3.63, 3.8) is 0 Å². The maximum atomic E-state index is 13.7. The summed E-state index contributed by atoms with van der Waals surface area (Å²) in [4.78, 5) is 79.6. The Hall–Kier alpha value is -6.69. The normalized spacial score (nSPS) is 18.5. The number of carbonyl (C=O) groups excluding carboxylic acids is 4. The molecule has 2 amide bonds. The molecule has 4 unspecified atom stereocenters. The van der Waals surface area contributed by atoms with Crippen molar-refractivity contribution in [3.05, 3.63) is 127 Å². The molecule has 6 rings (SSSR count). The molecule has 0 bridgehead atoms. The van der Waals surface area contributed by atoms with Crippen molar-refractivity contribution < 1.29 is 48.7 Å². The summed E-state index contributed by atoms with van der Waals surface area (Å²) in [6.45, 7) is 11.0. The van der Waals surface area contributed by atoms with Gasteiger partial charge in [0.1, 0.15) is 0 Å². The summed E-state index contributed by atoms with van der Waals surface area (Å²) >= 11 is 0.868. The Labute approximate surface area is 405 Å². The van der Waals surface area contributed by atoms with Crippen LogP contribution in [0.25, 0.3) is 34.4 Å². The molecule has 69 heavy (non-hydrogen) atoms. The number of benzene rings is 4. The predicted octanol–water partition coefficient (Wildman–Crippen LogP) is 8.81. The van der Waals surface area contributed by atoms with Gasteiger partial charge in [-0.05, 0) is 82.3 Å². The number of rotatable bonds is 16. The smallest absolute Gasteiger partial charge is 0.302 e. The molecule has 0 spiro atoms. The largest absolute Gasteiger partial charge is 0.465 e.